The molecule has 20 heavy (non-hydrogen) atoms. The molecule has 1 heterocycles. The molecule has 0 radical (unpaired) electrons. The summed E-state index contributed by atoms with van der Waals surface area (Å²) in [6, 6.07) is 10.1. The van der Waals surface area contributed by atoms with E-state index in [9.17, 15) is 4.79 Å². The maximum atomic E-state index is 11.7. The second-order valence-electron chi connectivity index (χ2n) is 5.71. The zero-order chi connectivity index (χ0) is 14.8. The Hall–Kier alpha value is -1.90. The summed E-state index contributed by atoms with van der Waals surface area (Å²) < 4.78 is 5.05. The van der Waals surface area contributed by atoms with Crippen LogP contribution in [0.1, 0.15) is 38.4 Å². The lowest BCUT2D eigenvalue weighted by Gasteiger charge is -2.24. The molecule has 0 saturated carbocycles. The molecule has 3 heteroatoms. The summed E-state index contributed by atoms with van der Waals surface area (Å²) >= 11 is 0. The molecule has 0 spiro atoms. The molecule has 1 aromatic heterocycles. The maximum Gasteiger partial charge on any atom is 0.306 e. The molecule has 0 unspecified atom stereocenters. The van der Waals surface area contributed by atoms with E-state index in [0.29, 0.717) is 13.0 Å². The molecular formula is C17H21NO2. The standard InChI is InChI=1S/C17H21NO2/c1-5-20-16(19)11-17(3,4)15-10-12(2)13-8-6-7-9-14(13)18-15/h6-10H,5,11H2,1-4H3. The summed E-state index contributed by atoms with van der Waals surface area (Å²) in [6.07, 6.45) is 0.339. The molecule has 0 aliphatic heterocycles. The van der Waals surface area contributed by atoms with Gasteiger partial charge in [0.25, 0.3) is 0 Å². The van der Waals surface area contributed by atoms with Gasteiger partial charge in [-0.2, -0.15) is 0 Å². The Morgan fingerprint density at radius 2 is 2.00 bits per heavy atom. The minimum atomic E-state index is -0.332. The van der Waals surface area contributed by atoms with Crippen molar-refractivity contribution in [2.45, 2.75) is 39.5 Å². The van der Waals surface area contributed by atoms with E-state index >= 15 is 0 Å². The van der Waals surface area contributed by atoms with E-state index in [4.69, 9.17) is 9.72 Å². The molecule has 2 rings (SSSR count). The van der Waals surface area contributed by atoms with E-state index < -0.39 is 0 Å². The van der Waals surface area contributed by atoms with Crippen LogP contribution in [0.5, 0.6) is 0 Å². The number of para-hydroxylation sites is 1. The first-order valence-electron chi connectivity index (χ1n) is 6.96. The Kier molecular flexibility index (Phi) is 4.07. The molecule has 0 bridgehead atoms. The quantitative estimate of drug-likeness (QED) is 0.794. The van der Waals surface area contributed by atoms with Crippen molar-refractivity contribution in [3.63, 3.8) is 0 Å². The number of hydrogen-bond donors (Lipinski definition) is 0. The third-order valence-corrected chi connectivity index (χ3v) is 3.51. The number of aromatic nitrogens is 1. The van der Waals surface area contributed by atoms with Crippen molar-refractivity contribution in [3.8, 4) is 0 Å². The van der Waals surface area contributed by atoms with Crippen molar-refractivity contribution in [1.82, 2.24) is 4.98 Å². The highest BCUT2D eigenvalue weighted by atomic mass is 16.5. The van der Waals surface area contributed by atoms with Gasteiger partial charge < -0.3 is 4.74 Å². The summed E-state index contributed by atoms with van der Waals surface area (Å²) in [6.45, 7) is 8.37. The van der Waals surface area contributed by atoms with Gasteiger partial charge >= 0.3 is 5.97 Å². The Bertz CT molecular complexity index is 632. The predicted octanol–water partition coefficient (Wildman–Crippen LogP) is 3.77. The largest absolute Gasteiger partial charge is 0.466 e. The highest BCUT2D eigenvalue weighted by Crippen LogP contribution is 2.29. The molecule has 2 aromatic rings. The van der Waals surface area contributed by atoms with Gasteiger partial charge in [0.1, 0.15) is 0 Å². The summed E-state index contributed by atoms with van der Waals surface area (Å²) in [5.41, 5.74) is 2.75. The molecule has 3 nitrogen and oxygen atoms in total. The van der Waals surface area contributed by atoms with Crippen LogP contribution in [0.15, 0.2) is 30.3 Å². The fourth-order valence-corrected chi connectivity index (χ4v) is 2.36. The molecule has 1 aromatic carbocycles. The van der Waals surface area contributed by atoms with Crippen molar-refractivity contribution >= 4 is 16.9 Å². The summed E-state index contributed by atoms with van der Waals surface area (Å²) in [7, 11) is 0. The lowest BCUT2D eigenvalue weighted by Crippen LogP contribution is -2.24. The maximum absolute atomic E-state index is 11.7. The molecule has 0 aliphatic rings. The monoisotopic (exact) mass is 271 g/mol. The van der Waals surface area contributed by atoms with E-state index in [1.165, 1.54) is 5.56 Å². The van der Waals surface area contributed by atoms with Crippen LogP contribution < -0.4 is 0 Å². The second kappa shape index (κ2) is 5.61. The highest BCUT2D eigenvalue weighted by Gasteiger charge is 2.27. The molecule has 0 atom stereocenters. The molecule has 0 N–H and O–H groups in total. The van der Waals surface area contributed by atoms with Crippen LogP contribution in [0.4, 0.5) is 0 Å². The van der Waals surface area contributed by atoms with Gasteiger partial charge in [-0.05, 0) is 31.5 Å². The second-order valence-corrected chi connectivity index (χ2v) is 5.71. The Labute approximate surface area is 120 Å². The van der Waals surface area contributed by atoms with Gasteiger partial charge in [-0.25, -0.2) is 0 Å². The van der Waals surface area contributed by atoms with Crippen LogP contribution in [-0.4, -0.2) is 17.6 Å². The topological polar surface area (TPSA) is 39.2 Å². The van der Waals surface area contributed by atoms with Gasteiger partial charge in [0, 0.05) is 16.5 Å². The van der Waals surface area contributed by atoms with E-state index in [1.54, 1.807) is 0 Å². The fraction of sp³-hybridized carbons (Fsp3) is 0.412. The Balaban J connectivity index is 2.38. The average Bonchev–Trinajstić information content (AvgIpc) is 2.38. The van der Waals surface area contributed by atoms with Crippen LogP contribution in [0.3, 0.4) is 0 Å². The number of rotatable bonds is 4. The molecule has 106 valence electrons. The third kappa shape index (κ3) is 2.98. The van der Waals surface area contributed by atoms with Gasteiger partial charge in [0.05, 0.1) is 18.5 Å². The molecule has 0 aliphatic carbocycles. The Morgan fingerprint density at radius 3 is 2.70 bits per heavy atom. The number of carbonyl (C=O) groups excluding carboxylic acids is 1. The smallest absolute Gasteiger partial charge is 0.306 e. The number of benzene rings is 1. The Morgan fingerprint density at radius 1 is 1.30 bits per heavy atom. The van der Waals surface area contributed by atoms with Crippen LogP contribution in [-0.2, 0) is 14.9 Å². The first-order valence-corrected chi connectivity index (χ1v) is 6.96. The summed E-state index contributed by atoms with van der Waals surface area (Å²) in [5.74, 6) is -0.176. The number of carbonyl (C=O) groups is 1. The van der Waals surface area contributed by atoms with Crippen LogP contribution >= 0.6 is 0 Å². The first kappa shape index (κ1) is 14.5. The van der Waals surface area contributed by atoms with Gasteiger partial charge in [-0.1, -0.05) is 32.0 Å². The van der Waals surface area contributed by atoms with Crippen molar-refractivity contribution in [2.75, 3.05) is 6.61 Å². The number of pyridine rings is 1. The van der Waals surface area contributed by atoms with Crippen molar-refractivity contribution < 1.29 is 9.53 Å². The number of ether oxygens (including phenoxy) is 1. The minimum Gasteiger partial charge on any atom is -0.466 e. The number of hydrogen-bond acceptors (Lipinski definition) is 3. The zero-order valence-electron chi connectivity index (χ0n) is 12.6. The van der Waals surface area contributed by atoms with Crippen molar-refractivity contribution in [2.24, 2.45) is 0 Å². The van der Waals surface area contributed by atoms with Crippen molar-refractivity contribution in [1.29, 1.82) is 0 Å². The third-order valence-electron chi connectivity index (χ3n) is 3.51. The molecule has 0 amide bonds. The van der Waals surface area contributed by atoms with E-state index in [1.807, 2.05) is 39.0 Å². The predicted molar refractivity (Wildman–Crippen MR) is 80.8 cm³/mol. The lowest BCUT2D eigenvalue weighted by atomic mass is 9.84. The first-order chi connectivity index (χ1) is 9.44. The summed E-state index contributed by atoms with van der Waals surface area (Å²) in [5, 5.41) is 1.16. The minimum absolute atomic E-state index is 0.176. The van der Waals surface area contributed by atoms with Crippen LogP contribution in [0, 0.1) is 6.92 Å². The normalized spacial score (nSPS) is 11.6. The zero-order valence-corrected chi connectivity index (χ0v) is 12.6. The SMILES string of the molecule is CCOC(=O)CC(C)(C)c1cc(C)c2ccccc2n1. The van der Waals surface area contributed by atoms with E-state index in [-0.39, 0.29) is 11.4 Å². The van der Waals surface area contributed by atoms with Crippen LogP contribution in [0.25, 0.3) is 10.9 Å². The van der Waals surface area contributed by atoms with Gasteiger partial charge in [0.15, 0.2) is 0 Å². The fourth-order valence-electron chi connectivity index (χ4n) is 2.36. The summed E-state index contributed by atoms with van der Waals surface area (Å²) in [4.78, 5) is 16.4. The van der Waals surface area contributed by atoms with Crippen LogP contribution in [0.2, 0.25) is 0 Å². The van der Waals surface area contributed by atoms with Gasteiger partial charge in [-0.15, -0.1) is 0 Å². The lowest BCUT2D eigenvalue weighted by molar-refractivity contribution is -0.144. The van der Waals surface area contributed by atoms with Gasteiger partial charge in [-0.3, -0.25) is 9.78 Å². The molecule has 0 fully saturated rings. The molecular weight excluding hydrogens is 250 g/mol. The van der Waals surface area contributed by atoms with Crippen molar-refractivity contribution in [3.05, 3.63) is 41.6 Å². The average molecular weight is 271 g/mol. The number of fused-ring (bicyclic) bond motifs is 1. The molecule has 0 saturated heterocycles. The van der Waals surface area contributed by atoms with E-state index in [2.05, 4.69) is 19.1 Å². The number of esters is 1. The van der Waals surface area contributed by atoms with Gasteiger partial charge in [0.2, 0.25) is 0 Å². The number of nitrogens with zero attached hydrogens (tertiary/aromatic N) is 1. The van der Waals surface area contributed by atoms with E-state index in [0.717, 1.165) is 16.6 Å². The number of aryl methyl sites for hydroxylation is 1. The highest BCUT2D eigenvalue weighted by molar-refractivity contribution is 5.82.